The van der Waals surface area contributed by atoms with E-state index < -0.39 is 0 Å². The van der Waals surface area contributed by atoms with Gasteiger partial charge in [0.25, 0.3) is 5.69 Å². The van der Waals surface area contributed by atoms with Crippen molar-refractivity contribution in [2.75, 3.05) is 42.9 Å². The van der Waals surface area contributed by atoms with Crippen LogP contribution in [0.4, 0.5) is 16.5 Å². The Labute approximate surface area is 148 Å². The maximum atomic E-state index is 12.0. The first-order chi connectivity index (χ1) is 12.0. The summed E-state index contributed by atoms with van der Waals surface area (Å²) in [5.74, 6) is -0.133. The fourth-order valence-electron chi connectivity index (χ4n) is 2.78. The molecule has 1 aliphatic rings. The van der Waals surface area contributed by atoms with Crippen molar-refractivity contribution < 1.29 is 9.72 Å². The smallest absolute Gasteiger partial charge is 0.292 e. The van der Waals surface area contributed by atoms with E-state index in [2.05, 4.69) is 15.5 Å². The van der Waals surface area contributed by atoms with Crippen LogP contribution in [-0.2, 0) is 4.79 Å². The minimum Gasteiger partial charge on any atom is -0.363 e. The lowest BCUT2D eigenvalue weighted by atomic mass is 10.1. The number of anilines is 2. The molecule has 1 amide bonds. The maximum Gasteiger partial charge on any atom is 0.292 e. The van der Waals surface area contributed by atoms with Gasteiger partial charge in [-0.15, -0.1) is 10.2 Å². The first-order valence-corrected chi connectivity index (χ1v) is 8.69. The second-order valence-corrected chi connectivity index (χ2v) is 6.64. The lowest BCUT2D eigenvalue weighted by Gasteiger charge is -2.35. The molecule has 0 spiro atoms. The molecule has 1 N–H and O–H groups in total. The van der Waals surface area contributed by atoms with Gasteiger partial charge in [-0.1, -0.05) is 17.4 Å². The Morgan fingerprint density at radius 1 is 1.36 bits per heavy atom. The molecule has 3 rings (SSSR count). The van der Waals surface area contributed by atoms with E-state index in [1.807, 2.05) is 22.8 Å². The summed E-state index contributed by atoms with van der Waals surface area (Å²) in [7, 11) is 0. The summed E-state index contributed by atoms with van der Waals surface area (Å²) < 4.78 is 0. The lowest BCUT2D eigenvalue weighted by Crippen LogP contribution is -2.48. The number of nitro groups is 1. The van der Waals surface area contributed by atoms with Crippen LogP contribution in [0.2, 0.25) is 0 Å². The van der Waals surface area contributed by atoms with Crippen molar-refractivity contribution >= 4 is 33.8 Å². The summed E-state index contributed by atoms with van der Waals surface area (Å²) in [6.07, 6.45) is 0. The number of carbonyl (C=O) groups excluding carboxylic acids is 1. The quantitative estimate of drug-likeness (QED) is 0.635. The van der Waals surface area contributed by atoms with E-state index in [1.165, 1.54) is 11.3 Å². The van der Waals surface area contributed by atoms with Gasteiger partial charge in [-0.05, 0) is 18.6 Å². The summed E-state index contributed by atoms with van der Waals surface area (Å²) in [6.45, 7) is 4.70. The predicted octanol–water partition coefficient (Wildman–Crippen LogP) is 1.52. The molecule has 1 fully saturated rings. The van der Waals surface area contributed by atoms with Gasteiger partial charge in [0, 0.05) is 32.2 Å². The third-order valence-corrected chi connectivity index (χ3v) is 4.62. The number of nitrogens with one attached hydrogen (secondary N) is 1. The predicted molar refractivity (Wildman–Crippen MR) is 95.0 cm³/mol. The fourth-order valence-corrected chi connectivity index (χ4v) is 3.24. The number of benzene rings is 1. The zero-order valence-corrected chi connectivity index (χ0v) is 14.5. The van der Waals surface area contributed by atoms with Crippen LogP contribution < -0.4 is 10.2 Å². The Morgan fingerprint density at radius 2 is 2.12 bits per heavy atom. The first kappa shape index (κ1) is 17.2. The summed E-state index contributed by atoms with van der Waals surface area (Å²) in [6, 6.07) is 5.27. The Bertz CT molecular complexity index is 759. The number of aromatic nitrogens is 2. The van der Waals surface area contributed by atoms with Crippen molar-refractivity contribution in [3.8, 4) is 0 Å². The van der Waals surface area contributed by atoms with E-state index in [4.69, 9.17) is 0 Å². The van der Waals surface area contributed by atoms with Crippen LogP contribution >= 0.6 is 11.3 Å². The van der Waals surface area contributed by atoms with Gasteiger partial charge < -0.3 is 4.90 Å². The zero-order valence-electron chi connectivity index (χ0n) is 13.7. The van der Waals surface area contributed by atoms with Crippen molar-refractivity contribution in [3.05, 3.63) is 39.4 Å². The van der Waals surface area contributed by atoms with Crippen LogP contribution in [0.5, 0.6) is 0 Å². The number of aryl methyl sites for hydroxylation is 1. The number of piperazine rings is 1. The molecule has 9 nitrogen and oxygen atoms in total. The number of nitrogens with zero attached hydrogens (tertiary/aromatic N) is 5. The van der Waals surface area contributed by atoms with E-state index in [0.29, 0.717) is 37.0 Å². The molecule has 2 aromatic rings. The van der Waals surface area contributed by atoms with Crippen molar-refractivity contribution in [1.29, 1.82) is 0 Å². The Morgan fingerprint density at radius 3 is 2.76 bits per heavy atom. The zero-order chi connectivity index (χ0) is 17.8. The van der Waals surface area contributed by atoms with Crippen molar-refractivity contribution in [3.63, 3.8) is 0 Å². The van der Waals surface area contributed by atoms with Crippen LogP contribution in [-0.4, -0.2) is 58.7 Å². The van der Waals surface area contributed by atoms with Gasteiger partial charge in [0.1, 0.15) is 11.2 Å². The molecule has 0 atom stereocenters. The third kappa shape index (κ3) is 4.28. The molecule has 1 aromatic carbocycles. The van der Waals surface area contributed by atoms with E-state index >= 15 is 0 Å². The monoisotopic (exact) mass is 362 g/mol. The fraction of sp³-hybridized carbons (Fsp3) is 0.400. The van der Waals surface area contributed by atoms with E-state index in [-0.39, 0.29) is 23.1 Å². The molecule has 1 aliphatic heterocycles. The van der Waals surface area contributed by atoms with Gasteiger partial charge in [0.2, 0.25) is 11.0 Å². The number of hydrogen-bond donors (Lipinski definition) is 1. The topological polar surface area (TPSA) is 104 Å². The molecule has 0 aliphatic carbocycles. The van der Waals surface area contributed by atoms with Crippen LogP contribution in [0.15, 0.2) is 23.7 Å². The summed E-state index contributed by atoms with van der Waals surface area (Å²) in [4.78, 5) is 27.0. The summed E-state index contributed by atoms with van der Waals surface area (Å²) in [5, 5.41) is 21.9. The molecule has 10 heteroatoms. The molecule has 0 unspecified atom stereocenters. The maximum absolute atomic E-state index is 12.0. The van der Waals surface area contributed by atoms with Gasteiger partial charge in [-0.2, -0.15) is 0 Å². The average molecular weight is 362 g/mol. The van der Waals surface area contributed by atoms with Gasteiger partial charge in [-0.25, -0.2) is 0 Å². The molecule has 2 heterocycles. The molecule has 0 bridgehead atoms. The molecule has 132 valence electrons. The number of carbonyl (C=O) groups is 1. The first-order valence-electron chi connectivity index (χ1n) is 7.81. The largest absolute Gasteiger partial charge is 0.363 e. The standard InChI is InChI=1S/C15H18N6O3S/c1-11-2-3-12(13(8-11)21(23)24)20-6-4-19(5-7-20)9-14(22)17-15-18-16-10-25-15/h2-3,8,10H,4-7,9H2,1H3,(H,17,18,22). The molecule has 25 heavy (non-hydrogen) atoms. The van der Waals surface area contributed by atoms with Crippen molar-refractivity contribution in [2.45, 2.75) is 6.92 Å². The second kappa shape index (κ2) is 7.53. The van der Waals surface area contributed by atoms with Gasteiger partial charge in [0.05, 0.1) is 11.5 Å². The highest BCUT2D eigenvalue weighted by Crippen LogP contribution is 2.29. The van der Waals surface area contributed by atoms with Gasteiger partial charge in [-0.3, -0.25) is 25.1 Å². The molecule has 0 radical (unpaired) electrons. The van der Waals surface area contributed by atoms with Crippen LogP contribution in [0, 0.1) is 17.0 Å². The van der Waals surface area contributed by atoms with E-state index in [1.54, 1.807) is 17.6 Å². The molecule has 1 saturated heterocycles. The number of rotatable bonds is 5. The van der Waals surface area contributed by atoms with Crippen molar-refractivity contribution in [2.24, 2.45) is 0 Å². The average Bonchev–Trinajstić information content (AvgIpc) is 3.08. The van der Waals surface area contributed by atoms with Crippen LogP contribution in [0.3, 0.4) is 0 Å². The minimum absolute atomic E-state index is 0.127. The number of amides is 1. The van der Waals surface area contributed by atoms with Crippen LogP contribution in [0.25, 0.3) is 0 Å². The van der Waals surface area contributed by atoms with Gasteiger partial charge >= 0.3 is 0 Å². The molecule has 0 saturated carbocycles. The highest BCUT2D eigenvalue weighted by molar-refractivity contribution is 7.13. The summed E-state index contributed by atoms with van der Waals surface area (Å²) >= 11 is 1.27. The van der Waals surface area contributed by atoms with E-state index in [0.717, 1.165) is 5.56 Å². The molecular weight excluding hydrogens is 344 g/mol. The Balaban J connectivity index is 1.57. The lowest BCUT2D eigenvalue weighted by molar-refractivity contribution is -0.384. The highest BCUT2D eigenvalue weighted by Gasteiger charge is 2.24. The number of hydrogen-bond acceptors (Lipinski definition) is 8. The normalized spacial score (nSPS) is 15.2. The SMILES string of the molecule is Cc1ccc(N2CCN(CC(=O)Nc3nncs3)CC2)c([N+](=O)[O-])c1. The minimum atomic E-state index is -0.343. The second-order valence-electron chi connectivity index (χ2n) is 5.80. The Hall–Kier alpha value is -2.59. The van der Waals surface area contributed by atoms with Gasteiger partial charge in [0.15, 0.2) is 0 Å². The van der Waals surface area contributed by atoms with Crippen molar-refractivity contribution in [1.82, 2.24) is 15.1 Å². The molecular formula is C15H18N6O3S. The van der Waals surface area contributed by atoms with Crippen LogP contribution in [0.1, 0.15) is 5.56 Å². The Kier molecular flexibility index (Phi) is 5.19. The third-order valence-electron chi connectivity index (χ3n) is 4.01. The molecule has 1 aromatic heterocycles. The number of nitro benzene ring substituents is 1. The van der Waals surface area contributed by atoms with E-state index in [9.17, 15) is 14.9 Å². The highest BCUT2D eigenvalue weighted by atomic mass is 32.1. The summed E-state index contributed by atoms with van der Waals surface area (Å²) in [5.41, 5.74) is 3.18.